The number of para-hydroxylation sites is 1. The predicted molar refractivity (Wildman–Crippen MR) is 89.4 cm³/mol. The zero-order valence-electron chi connectivity index (χ0n) is 13.3. The quantitative estimate of drug-likeness (QED) is 0.640. The van der Waals surface area contributed by atoms with Crippen LogP contribution in [-0.2, 0) is 9.53 Å². The van der Waals surface area contributed by atoms with Gasteiger partial charge in [-0.15, -0.1) is 0 Å². The second kappa shape index (κ2) is 7.44. The van der Waals surface area contributed by atoms with E-state index in [1.807, 2.05) is 24.3 Å². The fourth-order valence-corrected chi connectivity index (χ4v) is 3.40. The summed E-state index contributed by atoms with van der Waals surface area (Å²) in [5.74, 6) is 0.234. The first kappa shape index (κ1) is 15.8. The maximum absolute atomic E-state index is 12.2. The summed E-state index contributed by atoms with van der Waals surface area (Å²) in [5.41, 5.74) is 1.50. The fraction of sp³-hybridized carbons (Fsp3) is 0.474. The molecule has 0 aliphatic heterocycles. The molecule has 1 N–H and O–H groups in total. The fourth-order valence-electron chi connectivity index (χ4n) is 3.40. The molecule has 1 fully saturated rings. The first-order valence-electron chi connectivity index (χ1n) is 8.49. The summed E-state index contributed by atoms with van der Waals surface area (Å²) in [6, 6.07) is 7.62. The molecule has 0 unspecified atom stereocenters. The third-order valence-corrected chi connectivity index (χ3v) is 4.74. The van der Waals surface area contributed by atoms with Crippen LogP contribution < -0.4 is 0 Å². The molecule has 0 spiro atoms. The van der Waals surface area contributed by atoms with Gasteiger partial charge in [0.15, 0.2) is 6.61 Å². The summed E-state index contributed by atoms with van der Waals surface area (Å²) in [4.78, 5) is 27.1. The maximum Gasteiger partial charge on any atom is 0.306 e. The highest BCUT2D eigenvalue weighted by Crippen LogP contribution is 2.27. The minimum atomic E-state index is -0.260. The van der Waals surface area contributed by atoms with E-state index in [4.69, 9.17) is 4.74 Å². The topological polar surface area (TPSA) is 59.2 Å². The number of H-pyrrole nitrogens is 1. The van der Waals surface area contributed by atoms with Gasteiger partial charge in [0, 0.05) is 29.1 Å². The number of fused-ring (bicyclic) bond motifs is 1. The van der Waals surface area contributed by atoms with E-state index >= 15 is 0 Å². The van der Waals surface area contributed by atoms with Crippen LogP contribution in [0.3, 0.4) is 0 Å². The van der Waals surface area contributed by atoms with Crippen LogP contribution in [0.15, 0.2) is 30.5 Å². The molecular weight excluding hydrogens is 290 g/mol. The molecule has 0 amide bonds. The molecule has 0 bridgehead atoms. The summed E-state index contributed by atoms with van der Waals surface area (Å²) in [5, 5.41) is 0.871. The lowest BCUT2D eigenvalue weighted by Crippen LogP contribution is -2.15. The Morgan fingerprint density at radius 2 is 1.91 bits per heavy atom. The largest absolute Gasteiger partial charge is 0.457 e. The second-order valence-corrected chi connectivity index (χ2v) is 6.37. The summed E-state index contributed by atoms with van der Waals surface area (Å²) >= 11 is 0. The van der Waals surface area contributed by atoms with E-state index in [1.165, 1.54) is 32.1 Å². The molecule has 1 aromatic heterocycles. The van der Waals surface area contributed by atoms with Gasteiger partial charge in [0.05, 0.1) is 0 Å². The van der Waals surface area contributed by atoms with Crippen molar-refractivity contribution in [3.63, 3.8) is 0 Å². The second-order valence-electron chi connectivity index (χ2n) is 6.37. The van der Waals surface area contributed by atoms with E-state index in [-0.39, 0.29) is 18.4 Å². The number of benzene rings is 1. The van der Waals surface area contributed by atoms with Crippen molar-refractivity contribution in [1.82, 2.24) is 4.98 Å². The Bertz CT molecular complexity index is 683. The molecule has 0 atom stereocenters. The number of carbonyl (C=O) groups is 2. The number of hydrogen-bond acceptors (Lipinski definition) is 3. The molecule has 1 aliphatic rings. The molecule has 1 saturated carbocycles. The molecule has 4 nitrogen and oxygen atoms in total. The highest BCUT2D eigenvalue weighted by Gasteiger charge is 2.17. The standard InChI is InChI=1S/C19H23NO3/c21-18(16-12-20-17-9-5-4-8-15(16)17)13-23-19(22)11-10-14-6-2-1-3-7-14/h4-5,8-9,12,14,20H,1-3,6-7,10-11,13H2. The summed E-state index contributed by atoms with van der Waals surface area (Å²) < 4.78 is 5.17. The van der Waals surface area contributed by atoms with Crippen LogP contribution >= 0.6 is 0 Å². The lowest BCUT2D eigenvalue weighted by Gasteiger charge is -2.20. The number of aromatic amines is 1. The SMILES string of the molecule is O=C(CCC1CCCCC1)OCC(=O)c1c[nH]c2ccccc12. The van der Waals surface area contributed by atoms with Gasteiger partial charge in [-0.3, -0.25) is 9.59 Å². The number of rotatable bonds is 6. The first-order valence-corrected chi connectivity index (χ1v) is 8.49. The number of esters is 1. The predicted octanol–water partition coefficient (Wildman–Crippen LogP) is 4.25. The number of ether oxygens (including phenoxy) is 1. The van der Waals surface area contributed by atoms with E-state index in [2.05, 4.69) is 4.98 Å². The van der Waals surface area contributed by atoms with Crippen molar-refractivity contribution in [3.05, 3.63) is 36.0 Å². The molecule has 1 aromatic carbocycles. The van der Waals surface area contributed by atoms with E-state index in [0.717, 1.165) is 17.3 Å². The van der Waals surface area contributed by atoms with Gasteiger partial charge >= 0.3 is 5.97 Å². The molecule has 1 aliphatic carbocycles. The van der Waals surface area contributed by atoms with Gasteiger partial charge in [0.2, 0.25) is 5.78 Å². The number of Topliss-reactive ketones (excluding diaryl/α,β-unsaturated/α-hetero) is 1. The molecule has 4 heteroatoms. The lowest BCUT2D eigenvalue weighted by atomic mass is 9.86. The highest BCUT2D eigenvalue weighted by atomic mass is 16.5. The molecule has 0 radical (unpaired) electrons. The Balaban J connectivity index is 1.47. The smallest absolute Gasteiger partial charge is 0.306 e. The average Bonchev–Trinajstić information content (AvgIpc) is 3.03. The van der Waals surface area contributed by atoms with E-state index < -0.39 is 0 Å². The molecule has 1 heterocycles. The third-order valence-electron chi connectivity index (χ3n) is 4.74. The number of aromatic nitrogens is 1. The summed E-state index contributed by atoms with van der Waals surface area (Å²) in [7, 11) is 0. The molecule has 23 heavy (non-hydrogen) atoms. The van der Waals surface area contributed by atoms with Crippen molar-refractivity contribution in [2.24, 2.45) is 5.92 Å². The Kier molecular flexibility index (Phi) is 5.11. The average molecular weight is 313 g/mol. The van der Waals surface area contributed by atoms with Gasteiger partial charge in [-0.1, -0.05) is 50.3 Å². The Morgan fingerprint density at radius 3 is 2.74 bits per heavy atom. The van der Waals surface area contributed by atoms with Crippen molar-refractivity contribution in [2.75, 3.05) is 6.61 Å². The Labute approximate surface area is 136 Å². The van der Waals surface area contributed by atoms with Crippen LogP contribution in [0.2, 0.25) is 0 Å². The Morgan fingerprint density at radius 1 is 1.13 bits per heavy atom. The minimum absolute atomic E-state index is 0.159. The van der Waals surface area contributed by atoms with Gasteiger partial charge in [-0.2, -0.15) is 0 Å². The highest BCUT2D eigenvalue weighted by molar-refractivity contribution is 6.08. The molecule has 2 aromatic rings. The van der Waals surface area contributed by atoms with Crippen LogP contribution in [0.5, 0.6) is 0 Å². The van der Waals surface area contributed by atoms with Crippen molar-refractivity contribution in [1.29, 1.82) is 0 Å². The van der Waals surface area contributed by atoms with Crippen LogP contribution in [0.1, 0.15) is 55.3 Å². The van der Waals surface area contributed by atoms with Crippen molar-refractivity contribution in [3.8, 4) is 0 Å². The minimum Gasteiger partial charge on any atom is -0.457 e. The van der Waals surface area contributed by atoms with Crippen molar-refractivity contribution >= 4 is 22.7 Å². The number of ketones is 1. The van der Waals surface area contributed by atoms with Gasteiger partial charge in [-0.25, -0.2) is 0 Å². The zero-order valence-corrected chi connectivity index (χ0v) is 13.3. The van der Waals surface area contributed by atoms with Crippen molar-refractivity contribution in [2.45, 2.75) is 44.9 Å². The van der Waals surface area contributed by atoms with E-state index in [9.17, 15) is 9.59 Å². The van der Waals surface area contributed by atoms with Gasteiger partial charge in [0.1, 0.15) is 0 Å². The molecule has 122 valence electrons. The monoisotopic (exact) mass is 313 g/mol. The van der Waals surface area contributed by atoms with Crippen LogP contribution in [0.25, 0.3) is 10.9 Å². The lowest BCUT2D eigenvalue weighted by molar-refractivity contribution is -0.142. The van der Waals surface area contributed by atoms with Gasteiger partial charge < -0.3 is 9.72 Å². The normalized spacial score (nSPS) is 15.7. The van der Waals surface area contributed by atoms with E-state index in [0.29, 0.717) is 17.9 Å². The van der Waals surface area contributed by atoms with E-state index in [1.54, 1.807) is 6.20 Å². The maximum atomic E-state index is 12.2. The summed E-state index contributed by atoms with van der Waals surface area (Å²) in [6.45, 7) is -0.175. The number of carbonyl (C=O) groups excluding carboxylic acids is 2. The van der Waals surface area contributed by atoms with Gasteiger partial charge in [0.25, 0.3) is 0 Å². The van der Waals surface area contributed by atoms with Gasteiger partial charge in [-0.05, 0) is 18.4 Å². The number of hydrogen-bond donors (Lipinski definition) is 1. The Hall–Kier alpha value is -2.10. The van der Waals surface area contributed by atoms with Crippen LogP contribution in [0.4, 0.5) is 0 Å². The first-order chi connectivity index (χ1) is 11.2. The van der Waals surface area contributed by atoms with Crippen LogP contribution in [0, 0.1) is 5.92 Å². The number of nitrogens with one attached hydrogen (secondary N) is 1. The zero-order chi connectivity index (χ0) is 16.1. The summed E-state index contributed by atoms with van der Waals surface area (Å²) in [6.07, 6.45) is 9.31. The third kappa shape index (κ3) is 4.01. The molecule has 0 saturated heterocycles. The van der Waals surface area contributed by atoms with Crippen LogP contribution in [-0.4, -0.2) is 23.3 Å². The molecule has 3 rings (SSSR count). The molecular formula is C19H23NO3. The van der Waals surface area contributed by atoms with Crippen molar-refractivity contribution < 1.29 is 14.3 Å².